The lowest BCUT2D eigenvalue weighted by atomic mass is 10.1. The Balaban J connectivity index is 1.06. The first kappa shape index (κ1) is 25.8. The third kappa shape index (κ3) is 7.14. The first-order chi connectivity index (χ1) is 18.6. The van der Waals surface area contributed by atoms with E-state index in [9.17, 15) is 9.59 Å². The van der Waals surface area contributed by atoms with Gasteiger partial charge in [0.1, 0.15) is 5.75 Å². The normalized spacial score (nSPS) is 16.7. The molecule has 0 spiro atoms. The summed E-state index contributed by atoms with van der Waals surface area (Å²) in [6, 6.07) is 14.7. The van der Waals surface area contributed by atoms with Gasteiger partial charge >= 0.3 is 6.09 Å². The lowest BCUT2D eigenvalue weighted by Crippen LogP contribution is -2.49. The molecule has 3 aromatic rings. The second-order valence-corrected chi connectivity index (χ2v) is 9.84. The Morgan fingerprint density at radius 1 is 0.789 bits per heavy atom. The van der Waals surface area contributed by atoms with Crippen LogP contribution in [-0.2, 0) is 13.1 Å². The number of carbonyl (C=O) groups is 2. The molecule has 2 aromatic carbocycles. The molecule has 1 aromatic heterocycles. The van der Waals surface area contributed by atoms with Gasteiger partial charge in [0, 0.05) is 69.1 Å². The molecule has 0 bridgehead atoms. The fraction of sp³-hybridized carbons (Fsp3) is 0.379. The summed E-state index contributed by atoms with van der Waals surface area (Å²) in [5.74, 6) is 0.274. The molecule has 38 heavy (non-hydrogen) atoms. The van der Waals surface area contributed by atoms with Crippen LogP contribution in [0.4, 0.5) is 10.5 Å². The van der Waals surface area contributed by atoms with Crippen molar-refractivity contribution in [2.75, 3.05) is 44.6 Å². The number of nitrogens with one attached hydrogen (secondary N) is 1. The van der Waals surface area contributed by atoms with Gasteiger partial charge in [-0.25, -0.2) is 4.79 Å². The van der Waals surface area contributed by atoms with Crippen LogP contribution in [0.2, 0.25) is 0 Å². The highest BCUT2D eigenvalue weighted by Gasteiger charge is 2.23. The van der Waals surface area contributed by atoms with Gasteiger partial charge < -0.3 is 15.0 Å². The van der Waals surface area contributed by atoms with E-state index in [1.54, 1.807) is 47.8 Å². The Kier molecular flexibility index (Phi) is 8.57. The zero-order chi connectivity index (χ0) is 26.2. The number of nitrogens with zero attached hydrogens (tertiary/aromatic N) is 5. The SMILES string of the molecule is O=C(Nc1ccc(OC(=O)N2CCN(Cc3cnccn3)CC2)cc1)c1ccc(CN2CCCCC2)cc1. The van der Waals surface area contributed by atoms with Gasteiger partial charge in [-0.05, 0) is 67.9 Å². The molecule has 0 aliphatic carbocycles. The van der Waals surface area contributed by atoms with Crippen LogP contribution in [-0.4, -0.2) is 75.9 Å². The van der Waals surface area contributed by atoms with Crippen molar-refractivity contribution in [3.63, 3.8) is 0 Å². The molecule has 5 rings (SSSR count). The van der Waals surface area contributed by atoms with Gasteiger partial charge in [0.15, 0.2) is 0 Å². The summed E-state index contributed by atoms with van der Waals surface area (Å²) in [5.41, 5.74) is 3.40. The molecule has 0 saturated carbocycles. The Bertz CT molecular complexity index is 1190. The van der Waals surface area contributed by atoms with Gasteiger partial charge in [-0.15, -0.1) is 0 Å². The number of piperidine rings is 1. The maximum atomic E-state index is 12.7. The second kappa shape index (κ2) is 12.6. The highest BCUT2D eigenvalue weighted by atomic mass is 16.6. The van der Waals surface area contributed by atoms with Crippen molar-refractivity contribution >= 4 is 17.7 Å². The Hall–Kier alpha value is -3.82. The number of piperazine rings is 1. The summed E-state index contributed by atoms with van der Waals surface area (Å²) in [5, 5.41) is 2.91. The van der Waals surface area contributed by atoms with E-state index in [-0.39, 0.29) is 12.0 Å². The molecule has 2 aliphatic heterocycles. The third-order valence-electron chi connectivity index (χ3n) is 7.02. The number of rotatable bonds is 7. The minimum Gasteiger partial charge on any atom is -0.410 e. The summed E-state index contributed by atoms with van der Waals surface area (Å²) in [4.78, 5) is 40.2. The zero-order valence-corrected chi connectivity index (χ0v) is 21.6. The van der Waals surface area contributed by atoms with E-state index in [0.29, 0.717) is 36.6 Å². The Morgan fingerprint density at radius 3 is 2.18 bits per heavy atom. The van der Waals surface area contributed by atoms with E-state index in [0.717, 1.165) is 38.4 Å². The van der Waals surface area contributed by atoms with Crippen molar-refractivity contribution in [3.05, 3.63) is 83.9 Å². The lowest BCUT2D eigenvalue weighted by molar-refractivity contribution is 0.102. The van der Waals surface area contributed by atoms with Crippen molar-refractivity contribution in [1.29, 1.82) is 0 Å². The van der Waals surface area contributed by atoms with Crippen molar-refractivity contribution in [3.8, 4) is 5.75 Å². The topological polar surface area (TPSA) is 90.9 Å². The number of aromatic nitrogens is 2. The number of anilines is 1. The minimum absolute atomic E-state index is 0.168. The molecular weight excluding hydrogens is 480 g/mol. The molecule has 2 aliphatic rings. The molecule has 2 saturated heterocycles. The van der Waals surface area contributed by atoms with Gasteiger partial charge in [-0.2, -0.15) is 0 Å². The van der Waals surface area contributed by atoms with E-state index in [1.807, 2.05) is 24.3 Å². The van der Waals surface area contributed by atoms with Crippen molar-refractivity contribution in [2.45, 2.75) is 32.4 Å². The van der Waals surface area contributed by atoms with Gasteiger partial charge in [0.2, 0.25) is 0 Å². The van der Waals surface area contributed by atoms with Crippen LogP contribution in [0, 0.1) is 0 Å². The maximum Gasteiger partial charge on any atom is 0.415 e. The van der Waals surface area contributed by atoms with Crippen LogP contribution in [0.15, 0.2) is 67.1 Å². The smallest absolute Gasteiger partial charge is 0.410 e. The standard InChI is InChI=1S/C29H34N6O3/c36-28(24-6-4-23(5-7-24)21-33-14-2-1-3-15-33)32-25-8-10-27(11-9-25)38-29(37)35-18-16-34(17-19-35)22-26-20-30-12-13-31-26/h4-13,20H,1-3,14-19,21-22H2,(H,32,36). The fourth-order valence-electron chi connectivity index (χ4n) is 4.84. The molecule has 9 nitrogen and oxygen atoms in total. The number of hydrogen-bond acceptors (Lipinski definition) is 7. The minimum atomic E-state index is -0.370. The summed E-state index contributed by atoms with van der Waals surface area (Å²) in [6.07, 6.45) is 8.59. The van der Waals surface area contributed by atoms with E-state index in [2.05, 4.69) is 25.1 Å². The lowest BCUT2D eigenvalue weighted by Gasteiger charge is -2.33. The zero-order valence-electron chi connectivity index (χ0n) is 21.6. The van der Waals surface area contributed by atoms with E-state index >= 15 is 0 Å². The molecule has 0 atom stereocenters. The monoisotopic (exact) mass is 514 g/mol. The predicted octanol–water partition coefficient (Wildman–Crippen LogP) is 4.03. The van der Waals surface area contributed by atoms with Gasteiger partial charge in [0.05, 0.1) is 5.69 Å². The van der Waals surface area contributed by atoms with E-state index < -0.39 is 0 Å². The highest BCUT2D eigenvalue weighted by Crippen LogP contribution is 2.19. The van der Waals surface area contributed by atoms with E-state index in [1.165, 1.54) is 24.8 Å². The summed E-state index contributed by atoms with van der Waals surface area (Å²) in [7, 11) is 0. The van der Waals surface area contributed by atoms with Crippen LogP contribution in [0.3, 0.4) is 0 Å². The molecule has 3 heterocycles. The molecule has 1 N–H and O–H groups in total. The molecule has 198 valence electrons. The van der Waals surface area contributed by atoms with Crippen LogP contribution in [0.1, 0.15) is 40.9 Å². The largest absolute Gasteiger partial charge is 0.415 e. The predicted molar refractivity (Wildman–Crippen MR) is 145 cm³/mol. The number of amides is 2. The summed E-state index contributed by atoms with van der Waals surface area (Å²) < 4.78 is 5.56. The van der Waals surface area contributed by atoms with Crippen molar-refractivity contribution < 1.29 is 14.3 Å². The van der Waals surface area contributed by atoms with Gasteiger partial charge in [-0.3, -0.25) is 24.6 Å². The summed E-state index contributed by atoms with van der Waals surface area (Å²) >= 11 is 0. The fourth-order valence-corrected chi connectivity index (χ4v) is 4.84. The number of likely N-dealkylation sites (tertiary alicyclic amines) is 1. The van der Waals surface area contributed by atoms with Crippen LogP contribution < -0.4 is 10.1 Å². The molecule has 2 fully saturated rings. The number of benzene rings is 2. The molecule has 0 radical (unpaired) electrons. The van der Waals surface area contributed by atoms with Crippen molar-refractivity contribution in [2.24, 2.45) is 0 Å². The first-order valence-corrected chi connectivity index (χ1v) is 13.3. The van der Waals surface area contributed by atoms with Crippen molar-refractivity contribution in [1.82, 2.24) is 24.7 Å². The van der Waals surface area contributed by atoms with Crippen LogP contribution in [0.25, 0.3) is 0 Å². The van der Waals surface area contributed by atoms with E-state index in [4.69, 9.17) is 4.74 Å². The van der Waals surface area contributed by atoms with Crippen LogP contribution >= 0.6 is 0 Å². The number of hydrogen-bond donors (Lipinski definition) is 1. The molecule has 2 amide bonds. The highest BCUT2D eigenvalue weighted by molar-refractivity contribution is 6.04. The van der Waals surface area contributed by atoms with Gasteiger partial charge in [-0.1, -0.05) is 18.6 Å². The number of ether oxygens (including phenoxy) is 1. The third-order valence-corrected chi connectivity index (χ3v) is 7.02. The molecule has 9 heteroatoms. The van der Waals surface area contributed by atoms with Crippen LogP contribution in [0.5, 0.6) is 5.75 Å². The molecular formula is C29H34N6O3. The quantitative estimate of drug-likeness (QED) is 0.509. The number of carbonyl (C=O) groups excluding carboxylic acids is 2. The first-order valence-electron chi connectivity index (χ1n) is 13.3. The Morgan fingerprint density at radius 2 is 1.50 bits per heavy atom. The summed E-state index contributed by atoms with van der Waals surface area (Å²) in [6.45, 7) is 6.61. The average molecular weight is 515 g/mol. The second-order valence-electron chi connectivity index (χ2n) is 9.84. The molecule has 0 unspecified atom stereocenters. The average Bonchev–Trinajstić information content (AvgIpc) is 2.96. The van der Waals surface area contributed by atoms with Gasteiger partial charge in [0.25, 0.3) is 5.91 Å². The Labute approximate surface area is 223 Å². The maximum absolute atomic E-state index is 12.7.